The number of hydrogen-bond acceptors (Lipinski definition) is 6. The Bertz CT molecular complexity index is 942. The van der Waals surface area contributed by atoms with Crippen LogP contribution >= 0.6 is 0 Å². The summed E-state index contributed by atoms with van der Waals surface area (Å²) < 4.78 is 22.0. The minimum Gasteiger partial charge on any atom is -0.494 e. The average Bonchev–Trinajstić information content (AvgIpc) is 2.91. The Kier molecular flexibility index (Phi) is 11.5. The summed E-state index contributed by atoms with van der Waals surface area (Å²) in [5.41, 5.74) is 1.78. The third kappa shape index (κ3) is 9.15. The molecule has 0 amide bonds. The fraction of sp³-hybridized carbons (Fsp3) is 0.467. The maximum Gasteiger partial charge on any atom is 0.343 e. The number of rotatable bonds is 14. The van der Waals surface area contributed by atoms with E-state index in [0.29, 0.717) is 36.5 Å². The van der Waals surface area contributed by atoms with Gasteiger partial charge in [-0.05, 0) is 106 Å². The maximum absolute atomic E-state index is 12.5. The van der Waals surface area contributed by atoms with Crippen LogP contribution < -0.4 is 9.47 Å². The molecule has 1 aliphatic carbocycles. The number of carbonyl (C=O) groups is 2. The van der Waals surface area contributed by atoms with Crippen LogP contribution in [-0.4, -0.2) is 37.9 Å². The van der Waals surface area contributed by atoms with Gasteiger partial charge in [0.2, 0.25) is 0 Å². The third-order valence-corrected chi connectivity index (χ3v) is 6.45. The molecule has 1 fully saturated rings. The lowest BCUT2D eigenvalue weighted by atomic mass is 9.83. The topological polar surface area (TPSA) is 71.1 Å². The smallest absolute Gasteiger partial charge is 0.343 e. The molecule has 6 heteroatoms. The van der Waals surface area contributed by atoms with Gasteiger partial charge in [0.15, 0.2) is 0 Å². The molecule has 0 radical (unpaired) electrons. The van der Waals surface area contributed by atoms with Gasteiger partial charge in [-0.2, -0.15) is 0 Å². The van der Waals surface area contributed by atoms with Gasteiger partial charge >= 0.3 is 11.9 Å². The summed E-state index contributed by atoms with van der Waals surface area (Å²) in [7, 11) is 0. The van der Waals surface area contributed by atoms with E-state index in [1.165, 1.54) is 11.6 Å². The summed E-state index contributed by atoms with van der Waals surface area (Å²) in [6, 6.07) is 14.9. The largest absolute Gasteiger partial charge is 0.494 e. The number of carbonyl (C=O) groups excluding carboxylic acids is 2. The lowest BCUT2D eigenvalue weighted by molar-refractivity contribution is -0.137. The first-order valence-electron chi connectivity index (χ1n) is 13.0. The monoisotopic (exact) mass is 494 g/mol. The van der Waals surface area contributed by atoms with Gasteiger partial charge in [-0.15, -0.1) is 0 Å². The second-order valence-electron chi connectivity index (χ2n) is 9.05. The molecule has 1 aliphatic rings. The van der Waals surface area contributed by atoms with Crippen LogP contribution in [0.2, 0.25) is 0 Å². The Labute approximate surface area is 214 Å². The normalized spacial score (nSPS) is 17.2. The Hall–Kier alpha value is -3.12. The van der Waals surface area contributed by atoms with Crippen LogP contribution in [0.4, 0.5) is 0 Å². The molecule has 1 saturated carbocycles. The van der Waals surface area contributed by atoms with Crippen molar-refractivity contribution in [2.45, 2.75) is 70.3 Å². The Morgan fingerprint density at radius 3 is 2.14 bits per heavy atom. The molecule has 0 heterocycles. The summed E-state index contributed by atoms with van der Waals surface area (Å²) in [5.74, 6) is 1.04. The van der Waals surface area contributed by atoms with Gasteiger partial charge in [0, 0.05) is 12.7 Å². The second kappa shape index (κ2) is 15.1. The lowest BCUT2D eigenvalue weighted by Crippen LogP contribution is -2.20. The quantitative estimate of drug-likeness (QED) is 0.127. The summed E-state index contributed by atoms with van der Waals surface area (Å²) in [5, 5.41) is 0. The van der Waals surface area contributed by atoms with E-state index in [-0.39, 0.29) is 11.9 Å². The van der Waals surface area contributed by atoms with E-state index in [9.17, 15) is 9.59 Å². The van der Waals surface area contributed by atoms with Crippen molar-refractivity contribution >= 4 is 11.9 Å². The van der Waals surface area contributed by atoms with E-state index in [1.54, 1.807) is 24.3 Å². The van der Waals surface area contributed by atoms with Gasteiger partial charge in [0.05, 0.1) is 24.9 Å². The van der Waals surface area contributed by atoms with Crippen LogP contribution in [0.5, 0.6) is 11.5 Å². The molecule has 2 aromatic rings. The Balaban J connectivity index is 1.35. The highest BCUT2D eigenvalue weighted by Gasteiger charge is 2.22. The maximum atomic E-state index is 12.5. The zero-order chi connectivity index (χ0) is 25.6. The van der Waals surface area contributed by atoms with Crippen molar-refractivity contribution in [2.24, 2.45) is 0 Å². The predicted molar refractivity (Wildman–Crippen MR) is 140 cm³/mol. The fourth-order valence-corrected chi connectivity index (χ4v) is 4.44. The highest BCUT2D eigenvalue weighted by Crippen LogP contribution is 2.34. The summed E-state index contributed by atoms with van der Waals surface area (Å²) >= 11 is 0. The number of ether oxygens (including phenoxy) is 4. The Morgan fingerprint density at radius 1 is 0.861 bits per heavy atom. The van der Waals surface area contributed by atoms with E-state index in [1.807, 2.05) is 12.1 Å². The molecular weight excluding hydrogens is 456 g/mol. The number of unbranched alkanes of at least 4 members (excludes halogenated alkanes) is 3. The molecule has 0 unspecified atom stereocenters. The van der Waals surface area contributed by atoms with Crippen molar-refractivity contribution in [3.05, 3.63) is 72.3 Å². The van der Waals surface area contributed by atoms with Crippen molar-refractivity contribution in [3.8, 4) is 11.5 Å². The first-order chi connectivity index (χ1) is 17.6. The van der Waals surface area contributed by atoms with Crippen molar-refractivity contribution < 1.29 is 28.5 Å². The van der Waals surface area contributed by atoms with Crippen LogP contribution in [0.1, 0.15) is 80.1 Å². The minimum absolute atomic E-state index is 0.380. The van der Waals surface area contributed by atoms with Gasteiger partial charge in [-0.25, -0.2) is 9.59 Å². The predicted octanol–water partition coefficient (Wildman–Crippen LogP) is 6.64. The van der Waals surface area contributed by atoms with Crippen molar-refractivity contribution in [1.29, 1.82) is 0 Å². The molecule has 0 atom stereocenters. The lowest BCUT2D eigenvalue weighted by Gasteiger charge is -2.28. The van der Waals surface area contributed by atoms with Crippen LogP contribution in [-0.2, 0) is 14.3 Å². The molecule has 0 aromatic heterocycles. The van der Waals surface area contributed by atoms with Crippen LogP contribution in [0.25, 0.3) is 0 Å². The number of benzene rings is 2. The van der Waals surface area contributed by atoms with Gasteiger partial charge < -0.3 is 18.9 Å². The zero-order valence-electron chi connectivity index (χ0n) is 21.3. The SMILES string of the molecule is C=CC(=O)OCCCCCCOc1ccc(C(=O)Oc2ccc(C3CCC(OCC)CC3)cc2)cc1. The van der Waals surface area contributed by atoms with Crippen LogP contribution in [0.15, 0.2) is 61.2 Å². The van der Waals surface area contributed by atoms with Crippen LogP contribution in [0, 0.1) is 0 Å². The van der Waals surface area contributed by atoms with Crippen LogP contribution in [0.3, 0.4) is 0 Å². The van der Waals surface area contributed by atoms with E-state index in [2.05, 4.69) is 25.6 Å². The number of esters is 2. The highest BCUT2D eigenvalue weighted by atomic mass is 16.5. The molecule has 0 bridgehead atoms. The zero-order valence-corrected chi connectivity index (χ0v) is 21.3. The van der Waals surface area contributed by atoms with E-state index in [4.69, 9.17) is 18.9 Å². The molecule has 0 spiro atoms. The van der Waals surface area contributed by atoms with Crippen molar-refractivity contribution in [2.75, 3.05) is 19.8 Å². The van der Waals surface area contributed by atoms with E-state index in [0.717, 1.165) is 63.7 Å². The summed E-state index contributed by atoms with van der Waals surface area (Å²) in [6.45, 7) is 7.21. The van der Waals surface area contributed by atoms with Crippen molar-refractivity contribution in [1.82, 2.24) is 0 Å². The van der Waals surface area contributed by atoms with E-state index < -0.39 is 0 Å². The molecule has 194 valence electrons. The third-order valence-electron chi connectivity index (χ3n) is 6.45. The first-order valence-corrected chi connectivity index (χ1v) is 13.0. The Morgan fingerprint density at radius 2 is 1.50 bits per heavy atom. The number of hydrogen-bond donors (Lipinski definition) is 0. The molecule has 2 aromatic carbocycles. The molecule has 36 heavy (non-hydrogen) atoms. The molecule has 0 saturated heterocycles. The molecular formula is C30H38O6. The summed E-state index contributed by atoms with van der Waals surface area (Å²) in [4.78, 5) is 23.5. The minimum atomic E-state index is -0.385. The van der Waals surface area contributed by atoms with E-state index >= 15 is 0 Å². The average molecular weight is 495 g/mol. The molecule has 0 aliphatic heterocycles. The molecule has 0 N–H and O–H groups in total. The highest BCUT2D eigenvalue weighted by molar-refractivity contribution is 5.91. The first kappa shape index (κ1) is 27.5. The fourth-order valence-electron chi connectivity index (χ4n) is 4.44. The standard InChI is InChI=1S/C30H38O6/c1-3-29(31)35-22-8-6-5-7-21-34-27-17-13-25(14-18-27)30(32)36-28-19-11-24(12-20-28)23-9-15-26(16-10-23)33-4-2/h3,11-14,17-20,23,26H,1,4-10,15-16,21-22H2,2H3. The van der Waals surface area contributed by atoms with Gasteiger partial charge in [0.25, 0.3) is 0 Å². The second-order valence-corrected chi connectivity index (χ2v) is 9.05. The van der Waals surface area contributed by atoms with Crippen molar-refractivity contribution in [3.63, 3.8) is 0 Å². The molecule has 3 rings (SSSR count). The van der Waals surface area contributed by atoms with Gasteiger partial charge in [-0.3, -0.25) is 0 Å². The van der Waals surface area contributed by atoms with Gasteiger partial charge in [0.1, 0.15) is 11.5 Å². The van der Waals surface area contributed by atoms with Gasteiger partial charge in [-0.1, -0.05) is 18.7 Å². The molecule has 6 nitrogen and oxygen atoms in total. The summed E-state index contributed by atoms with van der Waals surface area (Å²) in [6.07, 6.45) is 9.72.